The third-order valence-corrected chi connectivity index (χ3v) is 3.12. The molecule has 2 nitrogen and oxygen atoms in total. The maximum Gasteiger partial charge on any atom is 0.129 e. The van der Waals surface area contributed by atoms with Gasteiger partial charge in [0.2, 0.25) is 0 Å². The molecular formula is C13H17F2NO. The van der Waals surface area contributed by atoms with Gasteiger partial charge in [-0.1, -0.05) is 6.07 Å². The first-order chi connectivity index (χ1) is 8.16. The van der Waals surface area contributed by atoms with Gasteiger partial charge in [-0.25, -0.2) is 8.78 Å². The van der Waals surface area contributed by atoms with E-state index in [1.807, 2.05) is 0 Å². The first kappa shape index (κ1) is 12.5. The van der Waals surface area contributed by atoms with Gasteiger partial charge in [0.1, 0.15) is 11.6 Å². The minimum atomic E-state index is -0.521. The highest BCUT2D eigenvalue weighted by atomic mass is 19.1. The number of benzene rings is 1. The summed E-state index contributed by atoms with van der Waals surface area (Å²) in [6.45, 7) is 0.769. The molecule has 1 aliphatic heterocycles. The molecule has 1 aliphatic rings. The summed E-state index contributed by atoms with van der Waals surface area (Å²) in [5, 5.41) is 0. The second kappa shape index (κ2) is 5.56. The highest BCUT2D eigenvalue weighted by molar-refractivity contribution is 5.20. The molecule has 2 atom stereocenters. The van der Waals surface area contributed by atoms with E-state index in [2.05, 4.69) is 0 Å². The van der Waals surface area contributed by atoms with Crippen LogP contribution < -0.4 is 5.73 Å². The van der Waals surface area contributed by atoms with E-state index in [4.69, 9.17) is 10.5 Å². The van der Waals surface area contributed by atoms with Crippen LogP contribution >= 0.6 is 0 Å². The molecule has 0 bridgehead atoms. The highest BCUT2D eigenvalue weighted by Gasteiger charge is 2.20. The van der Waals surface area contributed by atoms with Crippen molar-refractivity contribution in [2.24, 2.45) is 5.73 Å². The summed E-state index contributed by atoms with van der Waals surface area (Å²) in [4.78, 5) is 0. The molecular weight excluding hydrogens is 224 g/mol. The van der Waals surface area contributed by atoms with Crippen molar-refractivity contribution in [1.29, 1.82) is 0 Å². The lowest BCUT2D eigenvalue weighted by Gasteiger charge is -2.16. The van der Waals surface area contributed by atoms with Gasteiger partial charge in [0.25, 0.3) is 0 Å². The smallest absolute Gasteiger partial charge is 0.129 e. The summed E-state index contributed by atoms with van der Waals surface area (Å²) >= 11 is 0. The molecule has 1 aromatic rings. The standard InChI is InChI=1S/C13H17F2NO/c14-12-4-1-5-13(15)11(12)8-9(16)7-10-3-2-6-17-10/h1,4-5,9-10H,2-3,6-8,16H2. The Morgan fingerprint density at radius 1 is 1.35 bits per heavy atom. The molecule has 0 amide bonds. The molecule has 1 fully saturated rings. The van der Waals surface area contributed by atoms with Gasteiger partial charge < -0.3 is 10.5 Å². The zero-order valence-electron chi connectivity index (χ0n) is 9.66. The Kier molecular flexibility index (Phi) is 4.07. The van der Waals surface area contributed by atoms with Gasteiger partial charge in [0, 0.05) is 18.2 Å². The fourth-order valence-electron chi connectivity index (χ4n) is 2.24. The van der Waals surface area contributed by atoms with Gasteiger partial charge in [-0.05, 0) is 37.8 Å². The van der Waals surface area contributed by atoms with E-state index >= 15 is 0 Å². The van der Waals surface area contributed by atoms with Crippen LogP contribution in [-0.2, 0) is 11.2 Å². The van der Waals surface area contributed by atoms with Gasteiger partial charge in [-0.15, -0.1) is 0 Å². The molecule has 0 aliphatic carbocycles. The summed E-state index contributed by atoms with van der Waals surface area (Å²) in [6, 6.07) is 3.62. The molecule has 1 saturated heterocycles. The molecule has 4 heteroatoms. The van der Waals surface area contributed by atoms with Gasteiger partial charge in [0.15, 0.2) is 0 Å². The number of hydrogen-bond donors (Lipinski definition) is 1. The summed E-state index contributed by atoms with van der Waals surface area (Å²) < 4.78 is 32.2. The summed E-state index contributed by atoms with van der Waals surface area (Å²) in [7, 11) is 0. The minimum Gasteiger partial charge on any atom is -0.378 e. The number of nitrogens with two attached hydrogens (primary N) is 1. The van der Waals surface area contributed by atoms with Gasteiger partial charge in [-0.2, -0.15) is 0 Å². The predicted octanol–water partition coefficient (Wildman–Crippen LogP) is 2.40. The Morgan fingerprint density at radius 3 is 2.65 bits per heavy atom. The number of halogens is 2. The van der Waals surface area contributed by atoms with Crippen molar-refractivity contribution >= 4 is 0 Å². The Hall–Kier alpha value is -1.00. The lowest BCUT2D eigenvalue weighted by Crippen LogP contribution is -2.28. The van der Waals surface area contributed by atoms with Crippen molar-refractivity contribution in [3.63, 3.8) is 0 Å². The quantitative estimate of drug-likeness (QED) is 0.878. The van der Waals surface area contributed by atoms with E-state index in [9.17, 15) is 8.78 Å². The average molecular weight is 241 g/mol. The fourth-order valence-corrected chi connectivity index (χ4v) is 2.24. The molecule has 1 aromatic carbocycles. The second-order valence-electron chi connectivity index (χ2n) is 4.54. The lowest BCUT2D eigenvalue weighted by atomic mass is 9.99. The van der Waals surface area contributed by atoms with Gasteiger partial charge >= 0.3 is 0 Å². The summed E-state index contributed by atoms with van der Waals surface area (Å²) in [5.74, 6) is -1.04. The largest absolute Gasteiger partial charge is 0.378 e. The SMILES string of the molecule is NC(Cc1c(F)cccc1F)CC1CCCO1. The molecule has 0 aromatic heterocycles. The van der Waals surface area contributed by atoms with Crippen molar-refractivity contribution < 1.29 is 13.5 Å². The minimum absolute atomic E-state index is 0.0815. The summed E-state index contributed by atoms with van der Waals surface area (Å²) in [6.07, 6.45) is 3.07. The Morgan fingerprint density at radius 2 is 2.06 bits per heavy atom. The highest BCUT2D eigenvalue weighted by Crippen LogP contribution is 2.20. The Balaban J connectivity index is 1.95. The third kappa shape index (κ3) is 3.23. The Bertz CT molecular complexity index is 357. The Labute approximate surface area is 99.8 Å². The molecule has 17 heavy (non-hydrogen) atoms. The number of ether oxygens (including phenoxy) is 1. The van der Waals surface area contributed by atoms with Crippen LogP contribution in [0.25, 0.3) is 0 Å². The summed E-state index contributed by atoms with van der Waals surface area (Å²) in [5.41, 5.74) is 5.99. The van der Waals surface area contributed by atoms with Crippen LogP contribution in [0.15, 0.2) is 18.2 Å². The van der Waals surface area contributed by atoms with Crippen LogP contribution in [-0.4, -0.2) is 18.8 Å². The van der Waals surface area contributed by atoms with Crippen LogP contribution in [0.2, 0.25) is 0 Å². The molecule has 2 unspecified atom stereocenters. The monoisotopic (exact) mass is 241 g/mol. The lowest BCUT2D eigenvalue weighted by molar-refractivity contribution is 0.0982. The first-order valence-corrected chi connectivity index (χ1v) is 5.97. The molecule has 2 N–H and O–H groups in total. The van der Waals surface area contributed by atoms with Gasteiger partial charge in [-0.3, -0.25) is 0 Å². The fraction of sp³-hybridized carbons (Fsp3) is 0.538. The van der Waals surface area contributed by atoms with Crippen molar-refractivity contribution in [3.8, 4) is 0 Å². The van der Waals surface area contributed by atoms with Crippen LogP contribution in [0, 0.1) is 11.6 Å². The van der Waals surface area contributed by atoms with E-state index in [0.717, 1.165) is 19.4 Å². The van der Waals surface area contributed by atoms with Crippen LogP contribution in [0.1, 0.15) is 24.8 Å². The van der Waals surface area contributed by atoms with E-state index in [-0.39, 0.29) is 24.1 Å². The van der Waals surface area contributed by atoms with Crippen LogP contribution in [0.4, 0.5) is 8.78 Å². The zero-order chi connectivity index (χ0) is 12.3. The van der Waals surface area contributed by atoms with Crippen LogP contribution in [0.5, 0.6) is 0 Å². The topological polar surface area (TPSA) is 35.2 Å². The predicted molar refractivity (Wildman–Crippen MR) is 61.6 cm³/mol. The van der Waals surface area contributed by atoms with Crippen LogP contribution in [0.3, 0.4) is 0 Å². The second-order valence-corrected chi connectivity index (χ2v) is 4.54. The number of rotatable bonds is 4. The zero-order valence-corrected chi connectivity index (χ0v) is 9.66. The molecule has 2 rings (SSSR count). The molecule has 1 heterocycles. The molecule has 94 valence electrons. The first-order valence-electron chi connectivity index (χ1n) is 5.97. The molecule has 0 saturated carbocycles. The van der Waals surface area contributed by atoms with Gasteiger partial charge in [0.05, 0.1) is 6.10 Å². The van der Waals surface area contributed by atoms with Crippen molar-refractivity contribution in [2.75, 3.05) is 6.61 Å². The maximum atomic E-state index is 13.4. The average Bonchev–Trinajstić information content (AvgIpc) is 2.76. The van der Waals surface area contributed by atoms with Crippen molar-refractivity contribution in [2.45, 2.75) is 37.8 Å². The van der Waals surface area contributed by atoms with E-state index in [1.54, 1.807) is 0 Å². The number of hydrogen-bond acceptors (Lipinski definition) is 2. The van der Waals surface area contributed by atoms with E-state index in [1.165, 1.54) is 18.2 Å². The van der Waals surface area contributed by atoms with E-state index in [0.29, 0.717) is 6.42 Å². The molecule has 0 spiro atoms. The van der Waals surface area contributed by atoms with E-state index < -0.39 is 11.6 Å². The third-order valence-electron chi connectivity index (χ3n) is 3.12. The van der Waals surface area contributed by atoms with Crippen molar-refractivity contribution in [3.05, 3.63) is 35.4 Å². The van der Waals surface area contributed by atoms with Crippen molar-refractivity contribution in [1.82, 2.24) is 0 Å². The maximum absolute atomic E-state index is 13.4. The molecule has 0 radical (unpaired) electrons. The normalized spacial score (nSPS) is 21.7.